The lowest BCUT2D eigenvalue weighted by atomic mass is 9.94. The summed E-state index contributed by atoms with van der Waals surface area (Å²) < 4.78 is 9.39. The molecule has 0 amide bonds. The van der Waals surface area contributed by atoms with Crippen LogP contribution in [0.1, 0.15) is 12.5 Å². The number of rotatable bonds is 6. The third-order valence-electron chi connectivity index (χ3n) is 12.9. The topological polar surface area (TPSA) is 56.7 Å². The molecule has 5 nitrogen and oxygen atoms in total. The van der Waals surface area contributed by atoms with Crippen molar-refractivity contribution in [3.63, 3.8) is 0 Å². The van der Waals surface area contributed by atoms with E-state index in [1.165, 1.54) is 60.2 Å². The van der Waals surface area contributed by atoms with Crippen LogP contribution in [0, 0.1) is 0 Å². The standard InChI is InChI=1S/C59H38N4O/c1-4-15-37(16-5-1)42-29-32-51-50(34-42)55-46-24-13-12-23-45(46)49(39-18-6-2-7-19-39)36-52(55)63(51)44-30-31-47-54(35-44)64-53-26-14-25-48(56(47)53)59-61-57(40-20-8-3-9-21-40)60-58(62-59)43-28-27-38-17-10-11-22-41(38)33-43/h1-29,31-36,44H,30H2. The van der Waals surface area contributed by atoms with E-state index in [0.29, 0.717) is 17.5 Å². The number of fused-ring (bicyclic) bond motifs is 9. The van der Waals surface area contributed by atoms with Crippen molar-refractivity contribution in [3.05, 3.63) is 211 Å². The molecule has 0 radical (unpaired) electrons. The van der Waals surface area contributed by atoms with Gasteiger partial charge in [-0.05, 0) is 86.6 Å². The van der Waals surface area contributed by atoms with Crippen molar-refractivity contribution in [3.8, 4) is 56.4 Å². The fourth-order valence-corrected chi connectivity index (χ4v) is 9.97. The van der Waals surface area contributed by atoms with E-state index >= 15 is 0 Å². The summed E-state index contributed by atoms with van der Waals surface area (Å²) in [6.45, 7) is 0. The summed E-state index contributed by atoms with van der Waals surface area (Å²) in [5.41, 5.74) is 11.7. The van der Waals surface area contributed by atoms with Gasteiger partial charge in [0.05, 0.1) is 11.6 Å². The summed E-state index contributed by atoms with van der Waals surface area (Å²) in [5.74, 6) is 1.87. The molecule has 0 saturated carbocycles. The Morgan fingerprint density at radius 3 is 1.88 bits per heavy atom. The number of benzene rings is 9. The second kappa shape index (κ2) is 14.6. The fourth-order valence-electron chi connectivity index (χ4n) is 9.97. The summed E-state index contributed by atoms with van der Waals surface area (Å²) in [5, 5.41) is 9.38. The second-order valence-electron chi connectivity index (χ2n) is 16.7. The molecule has 0 aliphatic heterocycles. The Hall–Kier alpha value is -8.41. The lowest BCUT2D eigenvalue weighted by Gasteiger charge is -2.19. The molecule has 1 atom stereocenters. The van der Waals surface area contributed by atoms with Gasteiger partial charge >= 0.3 is 0 Å². The average molecular weight is 819 g/mol. The fraction of sp³-hybridized carbons (Fsp3) is 0.0339. The number of furan rings is 1. The van der Waals surface area contributed by atoms with Gasteiger partial charge < -0.3 is 8.98 Å². The molecule has 1 aliphatic rings. The van der Waals surface area contributed by atoms with Crippen molar-refractivity contribution < 1.29 is 4.42 Å². The summed E-state index contributed by atoms with van der Waals surface area (Å²) >= 11 is 0. The maximum absolute atomic E-state index is 6.85. The van der Waals surface area contributed by atoms with Gasteiger partial charge in [0.15, 0.2) is 17.5 Å². The first-order valence-corrected chi connectivity index (χ1v) is 21.9. The average Bonchev–Trinajstić information content (AvgIpc) is 3.91. The Morgan fingerprint density at radius 2 is 1.08 bits per heavy atom. The van der Waals surface area contributed by atoms with Crippen LogP contribution < -0.4 is 10.6 Å². The van der Waals surface area contributed by atoms with Gasteiger partial charge in [0.25, 0.3) is 0 Å². The van der Waals surface area contributed by atoms with Gasteiger partial charge in [0, 0.05) is 43.6 Å². The zero-order chi connectivity index (χ0) is 42.1. The summed E-state index contributed by atoms with van der Waals surface area (Å²) in [7, 11) is 0. The molecule has 0 N–H and O–H groups in total. The van der Waals surface area contributed by atoms with Crippen LogP contribution in [0.4, 0.5) is 0 Å². The molecule has 9 aromatic carbocycles. The molecule has 1 aliphatic carbocycles. The van der Waals surface area contributed by atoms with Crippen LogP contribution in [-0.4, -0.2) is 19.5 Å². The maximum atomic E-state index is 6.85. The molecule has 0 spiro atoms. The van der Waals surface area contributed by atoms with Gasteiger partial charge in [-0.1, -0.05) is 176 Å². The van der Waals surface area contributed by atoms with Gasteiger partial charge in [-0.25, -0.2) is 15.0 Å². The van der Waals surface area contributed by atoms with E-state index in [1.807, 2.05) is 24.3 Å². The Kier molecular flexibility index (Phi) is 8.28. The predicted molar refractivity (Wildman–Crippen MR) is 263 cm³/mol. The van der Waals surface area contributed by atoms with Crippen molar-refractivity contribution in [2.75, 3.05) is 0 Å². The highest BCUT2D eigenvalue weighted by atomic mass is 16.3. The molecule has 64 heavy (non-hydrogen) atoms. The third kappa shape index (κ3) is 5.89. The van der Waals surface area contributed by atoms with Gasteiger partial charge in [0.2, 0.25) is 0 Å². The minimum absolute atomic E-state index is 0.00904. The van der Waals surface area contributed by atoms with Crippen LogP contribution in [0.25, 0.3) is 123 Å². The van der Waals surface area contributed by atoms with E-state index in [0.717, 1.165) is 50.1 Å². The van der Waals surface area contributed by atoms with Gasteiger partial charge in [-0.3, -0.25) is 0 Å². The normalized spacial score (nSPS) is 13.7. The summed E-state index contributed by atoms with van der Waals surface area (Å²) in [6, 6.07) is 70.8. The molecule has 3 aromatic heterocycles. The molecule has 0 fully saturated rings. The number of hydrogen-bond donors (Lipinski definition) is 0. The Balaban J connectivity index is 1.02. The SMILES string of the molecule is C1=c2oc3cccc(-c4nc(-c5ccccc5)nc(-c5ccc6ccccc6c5)n4)c3c2=CCC1n1c2ccc(-c3ccccc3)cc2c2c3ccccc3c(-c3ccccc3)cc21. The van der Waals surface area contributed by atoms with E-state index < -0.39 is 0 Å². The number of hydrogen-bond acceptors (Lipinski definition) is 4. The maximum Gasteiger partial charge on any atom is 0.164 e. The minimum atomic E-state index is -0.00904. The van der Waals surface area contributed by atoms with Gasteiger partial charge in [-0.2, -0.15) is 0 Å². The molecule has 12 aromatic rings. The van der Waals surface area contributed by atoms with Crippen LogP contribution in [0.15, 0.2) is 205 Å². The smallest absolute Gasteiger partial charge is 0.164 e. The summed E-state index contributed by atoms with van der Waals surface area (Å²) in [6.07, 6.45) is 5.45. The zero-order valence-electron chi connectivity index (χ0n) is 34.7. The number of aromatic nitrogens is 4. The second-order valence-corrected chi connectivity index (χ2v) is 16.7. The summed E-state index contributed by atoms with van der Waals surface area (Å²) in [4.78, 5) is 15.4. The Labute approximate surface area is 368 Å². The van der Waals surface area contributed by atoms with Crippen molar-refractivity contribution in [2.24, 2.45) is 0 Å². The van der Waals surface area contributed by atoms with E-state index in [9.17, 15) is 0 Å². The Bertz CT molecular complexity index is 3930. The minimum Gasteiger partial charge on any atom is -0.456 e. The van der Waals surface area contributed by atoms with E-state index in [-0.39, 0.29) is 6.04 Å². The molecular weight excluding hydrogens is 781 g/mol. The van der Waals surface area contributed by atoms with Crippen molar-refractivity contribution in [1.29, 1.82) is 0 Å². The lowest BCUT2D eigenvalue weighted by molar-refractivity contribution is 0.560. The molecule has 13 rings (SSSR count). The molecule has 5 heteroatoms. The van der Waals surface area contributed by atoms with Crippen molar-refractivity contribution in [1.82, 2.24) is 19.5 Å². The van der Waals surface area contributed by atoms with Gasteiger partial charge in [0.1, 0.15) is 11.0 Å². The lowest BCUT2D eigenvalue weighted by Crippen LogP contribution is -2.27. The van der Waals surface area contributed by atoms with Crippen molar-refractivity contribution in [2.45, 2.75) is 12.5 Å². The van der Waals surface area contributed by atoms with Crippen LogP contribution in [-0.2, 0) is 0 Å². The molecular formula is C59H38N4O. The van der Waals surface area contributed by atoms with Crippen LogP contribution in [0.2, 0.25) is 0 Å². The molecule has 1 unspecified atom stereocenters. The zero-order valence-corrected chi connectivity index (χ0v) is 34.7. The molecule has 300 valence electrons. The highest BCUT2D eigenvalue weighted by Crippen LogP contribution is 2.43. The highest BCUT2D eigenvalue weighted by Gasteiger charge is 2.24. The monoisotopic (exact) mass is 818 g/mol. The quantitative estimate of drug-likeness (QED) is 0.168. The van der Waals surface area contributed by atoms with Crippen LogP contribution >= 0.6 is 0 Å². The first kappa shape index (κ1) is 36.3. The van der Waals surface area contributed by atoms with Crippen LogP contribution in [0.5, 0.6) is 0 Å². The van der Waals surface area contributed by atoms with Crippen molar-refractivity contribution >= 4 is 66.5 Å². The number of nitrogens with zero attached hydrogens (tertiary/aromatic N) is 4. The first-order chi connectivity index (χ1) is 31.7. The van der Waals surface area contributed by atoms with E-state index in [4.69, 9.17) is 19.4 Å². The molecule has 0 bridgehead atoms. The molecule has 3 heterocycles. The van der Waals surface area contributed by atoms with Crippen LogP contribution in [0.3, 0.4) is 0 Å². The third-order valence-corrected chi connectivity index (χ3v) is 12.9. The highest BCUT2D eigenvalue weighted by molar-refractivity contribution is 6.24. The largest absolute Gasteiger partial charge is 0.456 e. The predicted octanol–water partition coefficient (Wildman–Crippen LogP) is 13.6. The Morgan fingerprint density at radius 1 is 0.422 bits per heavy atom. The van der Waals surface area contributed by atoms with E-state index in [1.54, 1.807) is 0 Å². The molecule has 0 saturated heterocycles. The van der Waals surface area contributed by atoms with E-state index in [2.05, 4.69) is 193 Å². The van der Waals surface area contributed by atoms with Gasteiger partial charge in [-0.15, -0.1) is 0 Å². The first-order valence-electron chi connectivity index (χ1n) is 21.9.